The first-order chi connectivity index (χ1) is 8.00. The fourth-order valence-corrected chi connectivity index (χ4v) is 1.55. The molecule has 0 radical (unpaired) electrons. The minimum absolute atomic E-state index is 0.152. The number of alkyl halides is 3. The fourth-order valence-electron chi connectivity index (χ4n) is 1.55. The summed E-state index contributed by atoms with van der Waals surface area (Å²) in [4.78, 5) is 3.34. The van der Waals surface area contributed by atoms with Crippen molar-refractivity contribution in [3.8, 4) is 11.1 Å². The lowest BCUT2D eigenvalue weighted by Crippen LogP contribution is -2.07. The molecular formula is C12H7F4N. The van der Waals surface area contributed by atoms with Gasteiger partial charge in [-0.15, -0.1) is 0 Å². The lowest BCUT2D eigenvalue weighted by Gasteiger charge is -2.12. The van der Waals surface area contributed by atoms with Crippen molar-refractivity contribution in [2.75, 3.05) is 0 Å². The van der Waals surface area contributed by atoms with E-state index in [2.05, 4.69) is 4.98 Å². The predicted octanol–water partition coefficient (Wildman–Crippen LogP) is 3.91. The van der Waals surface area contributed by atoms with E-state index < -0.39 is 17.7 Å². The second kappa shape index (κ2) is 4.16. The van der Waals surface area contributed by atoms with Gasteiger partial charge >= 0.3 is 6.18 Å². The van der Waals surface area contributed by atoms with Crippen LogP contribution in [0.2, 0.25) is 0 Å². The van der Waals surface area contributed by atoms with Crippen molar-refractivity contribution >= 4 is 0 Å². The van der Waals surface area contributed by atoms with Crippen molar-refractivity contribution in [2.45, 2.75) is 6.18 Å². The number of nitrogens with zero attached hydrogens (tertiary/aromatic N) is 1. The average Bonchev–Trinajstić information content (AvgIpc) is 2.28. The van der Waals surface area contributed by atoms with Crippen LogP contribution in [0.15, 0.2) is 42.6 Å². The molecule has 0 fully saturated rings. The van der Waals surface area contributed by atoms with Crippen molar-refractivity contribution in [3.63, 3.8) is 0 Å². The van der Waals surface area contributed by atoms with Crippen molar-refractivity contribution in [3.05, 3.63) is 54.1 Å². The monoisotopic (exact) mass is 241 g/mol. The second-order valence-corrected chi connectivity index (χ2v) is 3.39. The maximum Gasteiger partial charge on any atom is 0.417 e. The SMILES string of the molecule is Fc1ncccc1-c1ccccc1C(F)(F)F. The molecule has 0 atom stereocenters. The van der Waals surface area contributed by atoms with Crippen LogP contribution in [0.5, 0.6) is 0 Å². The van der Waals surface area contributed by atoms with E-state index >= 15 is 0 Å². The molecule has 1 nitrogen and oxygen atoms in total. The quantitative estimate of drug-likeness (QED) is 0.545. The van der Waals surface area contributed by atoms with Gasteiger partial charge in [0.05, 0.1) is 5.56 Å². The maximum atomic E-state index is 13.4. The Morgan fingerprint density at radius 2 is 1.53 bits per heavy atom. The summed E-state index contributed by atoms with van der Waals surface area (Å²) < 4.78 is 51.5. The molecule has 88 valence electrons. The zero-order valence-electron chi connectivity index (χ0n) is 8.50. The molecule has 2 rings (SSSR count). The summed E-state index contributed by atoms with van der Waals surface area (Å²) in [5.41, 5.74) is -1.22. The van der Waals surface area contributed by atoms with Gasteiger partial charge in [0.1, 0.15) is 0 Å². The van der Waals surface area contributed by atoms with E-state index in [1.807, 2.05) is 0 Å². The Balaban J connectivity index is 2.65. The molecule has 0 saturated heterocycles. The van der Waals surface area contributed by atoms with Crippen molar-refractivity contribution in [1.82, 2.24) is 4.98 Å². The third-order valence-electron chi connectivity index (χ3n) is 2.28. The van der Waals surface area contributed by atoms with Crippen molar-refractivity contribution < 1.29 is 17.6 Å². The summed E-state index contributed by atoms with van der Waals surface area (Å²) in [6, 6.07) is 7.50. The Bertz CT molecular complexity index is 534. The molecule has 0 aliphatic rings. The minimum Gasteiger partial charge on any atom is -0.228 e. The molecule has 1 aromatic heterocycles. The first-order valence-electron chi connectivity index (χ1n) is 4.77. The van der Waals surface area contributed by atoms with E-state index in [9.17, 15) is 17.6 Å². The first kappa shape index (κ1) is 11.6. The standard InChI is InChI=1S/C12H7F4N/c13-11-9(5-3-7-17-11)8-4-1-2-6-10(8)12(14,15)16/h1-7H. The summed E-state index contributed by atoms with van der Waals surface area (Å²) in [6.45, 7) is 0. The molecule has 5 heteroatoms. The number of pyridine rings is 1. The van der Waals surface area contributed by atoms with Gasteiger partial charge in [0.15, 0.2) is 0 Å². The number of hydrogen-bond acceptors (Lipinski definition) is 1. The lowest BCUT2D eigenvalue weighted by molar-refractivity contribution is -0.137. The molecule has 1 heterocycles. The summed E-state index contributed by atoms with van der Waals surface area (Å²) in [6.07, 6.45) is -3.33. The van der Waals surface area contributed by atoms with Crippen LogP contribution in [0.25, 0.3) is 11.1 Å². The highest BCUT2D eigenvalue weighted by atomic mass is 19.4. The Kier molecular flexibility index (Phi) is 2.83. The fraction of sp³-hybridized carbons (Fsp3) is 0.0833. The first-order valence-corrected chi connectivity index (χ1v) is 4.77. The predicted molar refractivity (Wildman–Crippen MR) is 54.6 cm³/mol. The van der Waals surface area contributed by atoms with E-state index in [4.69, 9.17) is 0 Å². The van der Waals surface area contributed by atoms with Crippen LogP contribution in [0, 0.1) is 5.95 Å². The van der Waals surface area contributed by atoms with Crippen LogP contribution in [-0.4, -0.2) is 4.98 Å². The number of halogens is 4. The molecule has 0 amide bonds. The molecule has 0 unspecified atom stereocenters. The molecule has 0 aliphatic carbocycles. The van der Waals surface area contributed by atoms with Crippen LogP contribution in [-0.2, 0) is 6.18 Å². The van der Waals surface area contributed by atoms with Gasteiger partial charge < -0.3 is 0 Å². The molecule has 0 aliphatic heterocycles. The van der Waals surface area contributed by atoms with Gasteiger partial charge in [-0.05, 0) is 23.8 Å². The van der Waals surface area contributed by atoms with E-state index in [-0.39, 0.29) is 11.1 Å². The minimum atomic E-state index is -4.52. The molecule has 2 aromatic rings. The zero-order valence-corrected chi connectivity index (χ0v) is 8.50. The molecule has 17 heavy (non-hydrogen) atoms. The van der Waals surface area contributed by atoms with Gasteiger partial charge in [-0.2, -0.15) is 17.6 Å². The van der Waals surface area contributed by atoms with E-state index in [0.29, 0.717) is 0 Å². The van der Waals surface area contributed by atoms with Gasteiger partial charge in [0.2, 0.25) is 5.95 Å². The Morgan fingerprint density at radius 1 is 0.882 bits per heavy atom. The Labute approximate surface area is 94.7 Å². The molecular weight excluding hydrogens is 234 g/mol. The highest BCUT2D eigenvalue weighted by Crippen LogP contribution is 2.37. The van der Waals surface area contributed by atoms with Gasteiger partial charge in [-0.25, -0.2) is 4.98 Å². The lowest BCUT2D eigenvalue weighted by atomic mass is 10.0. The van der Waals surface area contributed by atoms with Crippen LogP contribution < -0.4 is 0 Å². The highest BCUT2D eigenvalue weighted by molar-refractivity contribution is 5.67. The topological polar surface area (TPSA) is 12.9 Å². The van der Waals surface area contributed by atoms with E-state index in [1.165, 1.54) is 36.5 Å². The number of benzene rings is 1. The van der Waals surface area contributed by atoms with Crippen molar-refractivity contribution in [2.24, 2.45) is 0 Å². The van der Waals surface area contributed by atoms with Crippen LogP contribution in [0.3, 0.4) is 0 Å². The molecule has 0 spiro atoms. The summed E-state index contributed by atoms with van der Waals surface area (Å²) in [5.74, 6) is -0.913. The van der Waals surface area contributed by atoms with Crippen LogP contribution in [0.1, 0.15) is 5.56 Å². The van der Waals surface area contributed by atoms with Gasteiger partial charge in [-0.3, -0.25) is 0 Å². The molecule has 0 bridgehead atoms. The zero-order chi connectivity index (χ0) is 12.5. The summed E-state index contributed by atoms with van der Waals surface area (Å²) >= 11 is 0. The Morgan fingerprint density at radius 3 is 2.18 bits per heavy atom. The van der Waals surface area contributed by atoms with Gasteiger partial charge in [0.25, 0.3) is 0 Å². The van der Waals surface area contributed by atoms with Crippen molar-refractivity contribution in [1.29, 1.82) is 0 Å². The summed E-state index contributed by atoms with van der Waals surface area (Å²) in [7, 11) is 0. The molecule has 1 aromatic carbocycles. The normalized spacial score (nSPS) is 11.5. The maximum absolute atomic E-state index is 13.4. The van der Waals surface area contributed by atoms with E-state index in [1.54, 1.807) is 0 Å². The van der Waals surface area contributed by atoms with Crippen LogP contribution in [0.4, 0.5) is 17.6 Å². The van der Waals surface area contributed by atoms with Gasteiger partial charge in [0, 0.05) is 11.8 Å². The van der Waals surface area contributed by atoms with E-state index in [0.717, 1.165) is 6.07 Å². The van der Waals surface area contributed by atoms with Gasteiger partial charge in [-0.1, -0.05) is 18.2 Å². The van der Waals surface area contributed by atoms with Crippen LogP contribution >= 0.6 is 0 Å². The second-order valence-electron chi connectivity index (χ2n) is 3.39. The number of hydrogen-bond donors (Lipinski definition) is 0. The summed E-state index contributed by atoms with van der Waals surface area (Å²) in [5, 5.41) is 0. The molecule has 0 N–H and O–H groups in total. The Hall–Kier alpha value is -1.91. The third kappa shape index (κ3) is 2.27. The number of aromatic nitrogens is 1. The largest absolute Gasteiger partial charge is 0.417 e. The smallest absolute Gasteiger partial charge is 0.228 e. The third-order valence-corrected chi connectivity index (χ3v) is 2.28. The number of rotatable bonds is 1. The average molecular weight is 241 g/mol. The highest BCUT2D eigenvalue weighted by Gasteiger charge is 2.33. The molecule has 0 saturated carbocycles.